The van der Waals surface area contributed by atoms with Crippen LogP contribution in [0.4, 0.5) is 15.8 Å². The fraction of sp³-hybridized carbons (Fsp3) is 0.452. The highest BCUT2D eigenvalue weighted by molar-refractivity contribution is 6.18. The first-order valence-electron chi connectivity index (χ1n) is 13.6. The lowest BCUT2D eigenvalue weighted by atomic mass is 9.86. The van der Waals surface area contributed by atoms with E-state index in [1.807, 2.05) is 31.2 Å². The molecule has 7 nitrogen and oxygen atoms in total. The first kappa shape index (κ1) is 28.3. The highest BCUT2D eigenvalue weighted by Gasteiger charge is 2.30. The largest absolute Gasteiger partial charge is 0.486 e. The smallest absolute Gasteiger partial charge is 0.222 e. The maximum Gasteiger partial charge on any atom is 0.222 e. The Bertz CT molecular complexity index is 1330. The number of nitrogens with one attached hydrogen (secondary N) is 1. The van der Waals surface area contributed by atoms with Gasteiger partial charge in [-0.3, -0.25) is 4.99 Å². The first-order chi connectivity index (χ1) is 18.6. The summed E-state index contributed by atoms with van der Waals surface area (Å²) in [6.45, 7) is 14.7. The summed E-state index contributed by atoms with van der Waals surface area (Å²) in [5.74, 6) is 0.559. The third kappa shape index (κ3) is 6.15. The lowest BCUT2D eigenvalue weighted by molar-refractivity contribution is 0.252. The molecule has 0 bridgehead atoms. The Morgan fingerprint density at radius 2 is 1.95 bits per heavy atom. The van der Waals surface area contributed by atoms with Crippen molar-refractivity contribution in [2.75, 3.05) is 44.0 Å². The Hall–Kier alpha value is -3.70. The van der Waals surface area contributed by atoms with Crippen LogP contribution < -0.4 is 15.0 Å². The van der Waals surface area contributed by atoms with Crippen LogP contribution in [0.5, 0.6) is 5.75 Å². The van der Waals surface area contributed by atoms with E-state index in [9.17, 15) is 5.26 Å². The van der Waals surface area contributed by atoms with Crippen LogP contribution in [0.3, 0.4) is 0 Å². The molecule has 2 aliphatic rings. The van der Waals surface area contributed by atoms with E-state index in [2.05, 4.69) is 60.6 Å². The summed E-state index contributed by atoms with van der Waals surface area (Å²) in [6.07, 6.45) is 2.09. The van der Waals surface area contributed by atoms with Gasteiger partial charge in [-0.25, -0.2) is 9.38 Å². The number of ether oxygens (including phenoxy) is 1. The summed E-state index contributed by atoms with van der Waals surface area (Å²) in [4.78, 5) is 13.6. The van der Waals surface area contributed by atoms with Gasteiger partial charge in [-0.05, 0) is 102 Å². The third-order valence-electron chi connectivity index (χ3n) is 7.50. The Kier molecular flexibility index (Phi) is 8.71. The van der Waals surface area contributed by atoms with Crippen LogP contribution in [0, 0.1) is 17.1 Å². The molecule has 1 atom stereocenters. The second-order valence-electron chi connectivity index (χ2n) is 10.9. The quantitative estimate of drug-likeness (QED) is 0.381. The van der Waals surface area contributed by atoms with E-state index >= 15 is 4.39 Å². The molecule has 39 heavy (non-hydrogen) atoms. The molecule has 0 aliphatic carbocycles. The van der Waals surface area contributed by atoms with E-state index < -0.39 is 5.82 Å². The molecule has 2 heterocycles. The number of rotatable bonds is 5. The number of aliphatic imine (C=N–C) groups is 2. The van der Waals surface area contributed by atoms with Gasteiger partial charge >= 0.3 is 0 Å². The predicted octanol–water partition coefficient (Wildman–Crippen LogP) is 5.97. The number of guanidine groups is 1. The molecule has 0 spiro atoms. The number of likely N-dealkylation sites (tertiary alicyclic amines) is 1. The predicted molar refractivity (Wildman–Crippen MR) is 158 cm³/mol. The lowest BCUT2D eigenvalue weighted by Gasteiger charge is -2.40. The van der Waals surface area contributed by atoms with Crippen LogP contribution in [0.25, 0.3) is 0 Å². The van der Waals surface area contributed by atoms with Crippen molar-refractivity contribution in [1.82, 2.24) is 4.90 Å². The van der Waals surface area contributed by atoms with E-state index in [0.29, 0.717) is 46.6 Å². The summed E-state index contributed by atoms with van der Waals surface area (Å²) in [5.41, 5.74) is 4.98. The van der Waals surface area contributed by atoms with Gasteiger partial charge in [0, 0.05) is 24.3 Å². The van der Waals surface area contributed by atoms with E-state index in [1.54, 1.807) is 7.05 Å². The van der Waals surface area contributed by atoms with E-state index in [1.165, 1.54) is 6.07 Å². The van der Waals surface area contributed by atoms with Crippen molar-refractivity contribution in [1.29, 1.82) is 5.26 Å². The van der Waals surface area contributed by atoms with E-state index in [4.69, 9.17) is 9.73 Å². The van der Waals surface area contributed by atoms with Crippen LogP contribution in [0.2, 0.25) is 0 Å². The molecule has 4 rings (SSSR count). The number of nitrogens with zero attached hydrogens (tertiary/aromatic N) is 5. The first-order valence-corrected chi connectivity index (χ1v) is 13.6. The molecule has 1 N–H and O–H groups in total. The van der Waals surface area contributed by atoms with Crippen molar-refractivity contribution in [2.45, 2.75) is 58.5 Å². The summed E-state index contributed by atoms with van der Waals surface area (Å²) < 4.78 is 21.0. The number of allylic oxidation sites excluding steroid dienone is 1. The average Bonchev–Trinajstić information content (AvgIpc) is 2.90. The van der Waals surface area contributed by atoms with Crippen molar-refractivity contribution in [3.05, 3.63) is 65.0 Å². The van der Waals surface area contributed by atoms with Crippen LogP contribution in [0.15, 0.2) is 52.5 Å². The highest BCUT2D eigenvalue weighted by atomic mass is 19.1. The van der Waals surface area contributed by atoms with Gasteiger partial charge in [-0.2, -0.15) is 5.26 Å². The summed E-state index contributed by atoms with van der Waals surface area (Å²) in [5, 5.41) is 13.1. The van der Waals surface area contributed by atoms with E-state index in [0.717, 1.165) is 37.2 Å². The number of nitriles is 1. The standard InChI is InChI=1S/C31H39FN6O/c1-19(2)29(23-15-27(32)30-28(16-23)38(20(3)4)21(5)18-39-30)36-31(34-6)35-25-8-9-26(24(14-25)17-33)22-10-12-37(7)13-11-22/h8-9,14-16,20-22H,1,10-13,18H2,2-7H3,(H,34,35)/b36-29+. The van der Waals surface area contributed by atoms with Crippen molar-refractivity contribution in [3.8, 4) is 11.8 Å². The molecule has 8 heteroatoms. The zero-order chi connectivity index (χ0) is 28.3. The topological polar surface area (TPSA) is 76.2 Å². The van der Waals surface area contributed by atoms with Crippen molar-refractivity contribution >= 4 is 23.0 Å². The molecule has 2 aromatic rings. The molecular formula is C31H39FN6O. The minimum Gasteiger partial charge on any atom is -0.486 e. The van der Waals surface area contributed by atoms with Gasteiger partial charge in [0.1, 0.15) is 6.61 Å². The highest BCUT2D eigenvalue weighted by Crippen LogP contribution is 2.39. The second kappa shape index (κ2) is 12.0. The molecule has 0 amide bonds. The van der Waals surface area contributed by atoms with Gasteiger partial charge < -0.3 is 19.9 Å². The minimum atomic E-state index is -0.430. The normalized spacial score (nSPS) is 18.9. The number of benzene rings is 2. The molecule has 1 saturated heterocycles. The summed E-state index contributed by atoms with van der Waals surface area (Å²) in [7, 11) is 3.77. The number of halogens is 1. The third-order valence-corrected chi connectivity index (χ3v) is 7.50. The lowest BCUT2D eigenvalue weighted by Crippen LogP contribution is -2.45. The van der Waals surface area contributed by atoms with Crippen molar-refractivity contribution < 1.29 is 9.13 Å². The van der Waals surface area contributed by atoms with Gasteiger partial charge in [0.15, 0.2) is 11.6 Å². The van der Waals surface area contributed by atoms with Crippen LogP contribution in [-0.4, -0.2) is 62.4 Å². The van der Waals surface area contributed by atoms with Gasteiger partial charge in [-0.15, -0.1) is 0 Å². The summed E-state index contributed by atoms with van der Waals surface area (Å²) in [6, 6.07) is 11.9. The van der Waals surface area contributed by atoms with Crippen LogP contribution in [-0.2, 0) is 0 Å². The van der Waals surface area contributed by atoms with Crippen LogP contribution >= 0.6 is 0 Å². The molecular weight excluding hydrogens is 491 g/mol. The van der Waals surface area contributed by atoms with Gasteiger partial charge in [-0.1, -0.05) is 12.6 Å². The molecule has 1 unspecified atom stereocenters. The molecule has 206 valence electrons. The summed E-state index contributed by atoms with van der Waals surface area (Å²) >= 11 is 0. The molecule has 0 saturated carbocycles. The SMILES string of the molecule is C=C(C)/C(=N\C(=N/C)Nc1ccc(C2CCN(C)CC2)c(C#N)c1)c1cc(F)c2c(c1)N(C(C)C)C(C)CO2. The number of anilines is 2. The Morgan fingerprint density at radius 1 is 1.23 bits per heavy atom. The second-order valence-corrected chi connectivity index (χ2v) is 10.9. The monoisotopic (exact) mass is 530 g/mol. The molecule has 0 radical (unpaired) electrons. The number of piperidine rings is 1. The van der Waals surface area contributed by atoms with Gasteiger partial charge in [0.05, 0.1) is 29.1 Å². The zero-order valence-corrected chi connectivity index (χ0v) is 23.9. The van der Waals surface area contributed by atoms with E-state index in [-0.39, 0.29) is 17.8 Å². The fourth-order valence-corrected chi connectivity index (χ4v) is 5.54. The maximum absolute atomic E-state index is 15.3. The average molecular weight is 531 g/mol. The Balaban J connectivity index is 1.65. The molecule has 2 aromatic carbocycles. The van der Waals surface area contributed by atoms with Crippen molar-refractivity contribution in [2.24, 2.45) is 9.98 Å². The molecule has 2 aliphatic heterocycles. The zero-order valence-electron chi connectivity index (χ0n) is 23.9. The van der Waals surface area contributed by atoms with Gasteiger partial charge in [0.2, 0.25) is 5.96 Å². The Labute approximate surface area is 231 Å². The number of fused-ring (bicyclic) bond motifs is 1. The van der Waals surface area contributed by atoms with Crippen LogP contribution in [0.1, 0.15) is 63.1 Å². The molecule has 1 fully saturated rings. The minimum absolute atomic E-state index is 0.110. The maximum atomic E-state index is 15.3. The number of hydrogen-bond donors (Lipinski definition) is 1. The van der Waals surface area contributed by atoms with Gasteiger partial charge in [0.25, 0.3) is 0 Å². The Morgan fingerprint density at radius 3 is 2.56 bits per heavy atom. The number of hydrogen-bond acceptors (Lipinski definition) is 5. The fourth-order valence-electron chi connectivity index (χ4n) is 5.54. The van der Waals surface area contributed by atoms with Crippen molar-refractivity contribution in [3.63, 3.8) is 0 Å². The molecule has 0 aromatic heterocycles.